The van der Waals surface area contributed by atoms with Crippen molar-refractivity contribution >= 4 is 28.3 Å². The van der Waals surface area contributed by atoms with Gasteiger partial charge in [-0.05, 0) is 43.4 Å². The van der Waals surface area contributed by atoms with Crippen LogP contribution in [0, 0.1) is 5.92 Å². The van der Waals surface area contributed by atoms with E-state index in [1.54, 1.807) is 12.1 Å². The Hall–Kier alpha value is -1.15. The van der Waals surface area contributed by atoms with E-state index in [4.69, 9.17) is 5.73 Å². The van der Waals surface area contributed by atoms with Crippen LogP contribution in [0.3, 0.4) is 0 Å². The summed E-state index contributed by atoms with van der Waals surface area (Å²) in [6.45, 7) is 3.72. The zero-order valence-corrected chi connectivity index (χ0v) is 18.2. The van der Waals surface area contributed by atoms with Crippen LogP contribution in [0.15, 0.2) is 29.2 Å². The van der Waals surface area contributed by atoms with Crippen molar-refractivity contribution < 1.29 is 13.2 Å². The lowest BCUT2D eigenvalue weighted by Crippen LogP contribution is -2.52. The number of nitrogens with zero attached hydrogens (tertiary/aromatic N) is 2. The number of halogens is 1. The highest BCUT2D eigenvalue weighted by atomic mass is 35.5. The fourth-order valence-electron chi connectivity index (χ4n) is 4.12. The van der Waals surface area contributed by atoms with E-state index in [-0.39, 0.29) is 30.3 Å². The Labute approximate surface area is 174 Å². The van der Waals surface area contributed by atoms with E-state index >= 15 is 0 Å². The molecule has 1 saturated heterocycles. The number of benzene rings is 1. The normalized spacial score (nSPS) is 23.9. The summed E-state index contributed by atoms with van der Waals surface area (Å²) in [7, 11) is -3.50. The second kappa shape index (κ2) is 10.1. The Bertz CT molecular complexity index is 746. The van der Waals surface area contributed by atoms with Crippen LogP contribution in [-0.4, -0.2) is 55.8 Å². The quantitative estimate of drug-likeness (QED) is 0.778. The molecule has 8 heteroatoms. The largest absolute Gasteiger partial charge is 0.340 e. The fraction of sp³-hybridized carbons (Fsp3) is 0.650. The third kappa shape index (κ3) is 5.26. The van der Waals surface area contributed by atoms with Crippen molar-refractivity contribution in [2.45, 2.75) is 56.4 Å². The minimum atomic E-state index is -3.50. The van der Waals surface area contributed by atoms with Gasteiger partial charge >= 0.3 is 0 Å². The van der Waals surface area contributed by atoms with Gasteiger partial charge in [0.1, 0.15) is 0 Å². The van der Waals surface area contributed by atoms with Crippen LogP contribution in [0.2, 0.25) is 0 Å². The standard InChI is InChI=1S/C20H31N3O3S.ClH/c1-2-4-16-7-9-19(10-8-16)27(25,26)23-13-11-22(12-14-23)20(24)17-5-3-6-18(21)15-17;/h7-10,17-18H,2-6,11-15,21H2,1H3;1H. The summed E-state index contributed by atoms with van der Waals surface area (Å²) in [5, 5.41) is 0. The lowest BCUT2D eigenvalue weighted by molar-refractivity contribution is -0.137. The van der Waals surface area contributed by atoms with Crippen molar-refractivity contribution in [1.82, 2.24) is 9.21 Å². The molecule has 2 unspecified atom stereocenters. The van der Waals surface area contributed by atoms with Crippen molar-refractivity contribution in [2.75, 3.05) is 26.2 Å². The third-order valence-electron chi connectivity index (χ3n) is 5.71. The van der Waals surface area contributed by atoms with E-state index in [9.17, 15) is 13.2 Å². The van der Waals surface area contributed by atoms with Gasteiger partial charge in [-0.15, -0.1) is 12.4 Å². The van der Waals surface area contributed by atoms with Crippen LogP contribution in [0.4, 0.5) is 0 Å². The Morgan fingerprint density at radius 2 is 1.75 bits per heavy atom. The van der Waals surface area contributed by atoms with Gasteiger partial charge in [-0.25, -0.2) is 8.42 Å². The average molecular weight is 430 g/mol. The molecule has 1 aromatic carbocycles. The predicted molar refractivity (Wildman–Crippen MR) is 113 cm³/mol. The minimum absolute atomic E-state index is 0. The van der Waals surface area contributed by atoms with Gasteiger partial charge in [-0.2, -0.15) is 4.31 Å². The molecule has 1 amide bonds. The second-order valence-electron chi connectivity index (χ2n) is 7.75. The van der Waals surface area contributed by atoms with Crippen molar-refractivity contribution in [3.63, 3.8) is 0 Å². The molecule has 2 atom stereocenters. The van der Waals surface area contributed by atoms with Crippen LogP contribution in [0.25, 0.3) is 0 Å². The first kappa shape index (κ1) is 23.1. The monoisotopic (exact) mass is 429 g/mol. The van der Waals surface area contributed by atoms with E-state index in [1.165, 1.54) is 4.31 Å². The molecule has 1 saturated carbocycles. The summed E-state index contributed by atoms with van der Waals surface area (Å²) in [4.78, 5) is 14.9. The number of carbonyl (C=O) groups excluding carboxylic acids is 1. The van der Waals surface area contributed by atoms with Gasteiger partial charge in [-0.3, -0.25) is 4.79 Å². The Balaban J connectivity index is 0.00000280. The zero-order valence-electron chi connectivity index (χ0n) is 16.5. The van der Waals surface area contributed by atoms with Crippen LogP contribution in [0.5, 0.6) is 0 Å². The zero-order chi connectivity index (χ0) is 19.4. The van der Waals surface area contributed by atoms with Gasteiger partial charge in [0.05, 0.1) is 4.90 Å². The van der Waals surface area contributed by atoms with E-state index in [2.05, 4.69) is 6.92 Å². The fourth-order valence-corrected chi connectivity index (χ4v) is 5.55. The molecule has 1 aromatic rings. The van der Waals surface area contributed by atoms with Gasteiger partial charge in [-0.1, -0.05) is 31.9 Å². The highest BCUT2D eigenvalue weighted by Crippen LogP contribution is 2.26. The molecular formula is C20H32ClN3O3S. The number of hydrogen-bond acceptors (Lipinski definition) is 4. The molecule has 1 aliphatic heterocycles. The SMILES string of the molecule is CCCc1ccc(S(=O)(=O)N2CCN(C(=O)C3CCCC(N)C3)CC2)cc1.Cl. The molecule has 158 valence electrons. The molecule has 0 aromatic heterocycles. The maximum atomic E-state index is 12.9. The first-order valence-corrected chi connectivity index (χ1v) is 11.5. The summed E-state index contributed by atoms with van der Waals surface area (Å²) in [6, 6.07) is 7.29. The van der Waals surface area contributed by atoms with Crippen molar-refractivity contribution in [3.05, 3.63) is 29.8 Å². The molecule has 0 spiro atoms. The topological polar surface area (TPSA) is 83.7 Å². The van der Waals surface area contributed by atoms with Crippen LogP contribution in [-0.2, 0) is 21.2 Å². The molecule has 6 nitrogen and oxygen atoms in total. The van der Waals surface area contributed by atoms with Gasteiger partial charge in [0.15, 0.2) is 0 Å². The second-order valence-corrected chi connectivity index (χ2v) is 9.68. The number of sulfonamides is 1. The van der Waals surface area contributed by atoms with E-state index < -0.39 is 10.0 Å². The smallest absolute Gasteiger partial charge is 0.243 e. The first-order chi connectivity index (χ1) is 12.9. The summed E-state index contributed by atoms with van der Waals surface area (Å²) < 4.78 is 27.3. The van der Waals surface area contributed by atoms with E-state index in [0.717, 1.165) is 44.1 Å². The summed E-state index contributed by atoms with van der Waals surface area (Å²) >= 11 is 0. The van der Waals surface area contributed by atoms with Gasteiger partial charge in [0, 0.05) is 38.1 Å². The van der Waals surface area contributed by atoms with Crippen LogP contribution < -0.4 is 5.73 Å². The molecule has 2 N–H and O–H groups in total. The van der Waals surface area contributed by atoms with Crippen molar-refractivity contribution in [2.24, 2.45) is 11.7 Å². The van der Waals surface area contributed by atoms with Gasteiger partial charge in [0.25, 0.3) is 0 Å². The van der Waals surface area contributed by atoms with Crippen LogP contribution >= 0.6 is 12.4 Å². The molecule has 2 aliphatic rings. The number of nitrogens with two attached hydrogens (primary N) is 1. The maximum Gasteiger partial charge on any atom is 0.243 e. The highest BCUT2D eigenvalue weighted by Gasteiger charge is 2.34. The number of amides is 1. The number of hydrogen-bond donors (Lipinski definition) is 1. The number of rotatable bonds is 5. The Morgan fingerprint density at radius 3 is 2.32 bits per heavy atom. The minimum Gasteiger partial charge on any atom is -0.340 e. The summed E-state index contributed by atoms with van der Waals surface area (Å²) in [5.74, 6) is 0.147. The highest BCUT2D eigenvalue weighted by molar-refractivity contribution is 7.89. The lowest BCUT2D eigenvalue weighted by atomic mass is 9.85. The maximum absolute atomic E-state index is 12.9. The van der Waals surface area contributed by atoms with Crippen LogP contribution in [0.1, 0.15) is 44.6 Å². The summed E-state index contributed by atoms with van der Waals surface area (Å²) in [6.07, 6.45) is 5.63. The van der Waals surface area contributed by atoms with Gasteiger partial charge in [0.2, 0.25) is 15.9 Å². The first-order valence-electron chi connectivity index (χ1n) is 10.0. The van der Waals surface area contributed by atoms with Gasteiger partial charge < -0.3 is 10.6 Å². The molecule has 3 rings (SSSR count). The number of piperazine rings is 1. The summed E-state index contributed by atoms with van der Waals surface area (Å²) in [5.41, 5.74) is 7.16. The van der Waals surface area contributed by atoms with Crippen molar-refractivity contribution in [3.8, 4) is 0 Å². The molecule has 1 heterocycles. The Morgan fingerprint density at radius 1 is 1.11 bits per heavy atom. The molecule has 28 heavy (non-hydrogen) atoms. The third-order valence-corrected chi connectivity index (χ3v) is 7.63. The van der Waals surface area contributed by atoms with E-state index in [0.29, 0.717) is 31.1 Å². The molecule has 0 bridgehead atoms. The lowest BCUT2D eigenvalue weighted by Gasteiger charge is -2.37. The number of aryl methyl sites for hydroxylation is 1. The molecule has 1 aliphatic carbocycles. The molecular weight excluding hydrogens is 398 g/mol. The number of carbonyl (C=O) groups is 1. The van der Waals surface area contributed by atoms with Crippen molar-refractivity contribution in [1.29, 1.82) is 0 Å². The molecule has 2 fully saturated rings. The molecule has 0 radical (unpaired) electrons. The predicted octanol–water partition coefficient (Wildman–Crippen LogP) is 2.41. The van der Waals surface area contributed by atoms with E-state index in [1.807, 2.05) is 17.0 Å². The Kier molecular flexibility index (Phi) is 8.30. The average Bonchev–Trinajstić information content (AvgIpc) is 2.68.